The van der Waals surface area contributed by atoms with Gasteiger partial charge in [-0.2, -0.15) is 0 Å². The number of nitrogens with one attached hydrogen (secondary N) is 1. The predicted molar refractivity (Wildman–Crippen MR) is 123 cm³/mol. The quantitative estimate of drug-likeness (QED) is 0.642. The smallest absolute Gasteiger partial charge is 0.243 e. The Bertz CT molecular complexity index is 1000. The number of ether oxygens (including phenoxy) is 1. The first-order valence-corrected chi connectivity index (χ1v) is 12.3. The van der Waals surface area contributed by atoms with Crippen molar-refractivity contribution in [1.82, 2.24) is 10.2 Å². The van der Waals surface area contributed by atoms with E-state index < -0.39 is 16.1 Å². The van der Waals surface area contributed by atoms with Crippen molar-refractivity contribution in [3.63, 3.8) is 0 Å². The predicted octanol–water partition coefficient (Wildman–Crippen LogP) is 2.76. The lowest BCUT2D eigenvalue weighted by Gasteiger charge is -2.28. The van der Waals surface area contributed by atoms with Crippen molar-refractivity contribution in [1.29, 1.82) is 0 Å². The Morgan fingerprint density at radius 2 is 1.81 bits per heavy atom. The summed E-state index contributed by atoms with van der Waals surface area (Å²) in [5.41, 5.74) is 2.62. The van der Waals surface area contributed by atoms with Crippen LogP contribution in [0.5, 0.6) is 5.75 Å². The van der Waals surface area contributed by atoms with Gasteiger partial charge in [-0.3, -0.25) is 14.0 Å². The van der Waals surface area contributed by atoms with E-state index >= 15 is 0 Å². The molecule has 0 spiro atoms. The minimum Gasteiger partial charge on any atom is -0.497 e. The van der Waals surface area contributed by atoms with Crippen molar-refractivity contribution in [2.24, 2.45) is 0 Å². The van der Waals surface area contributed by atoms with E-state index in [1.165, 1.54) is 25.5 Å². The third kappa shape index (κ3) is 5.98. The molecule has 1 atom stereocenters. The van der Waals surface area contributed by atoms with Crippen LogP contribution in [0.1, 0.15) is 30.9 Å². The Kier molecular flexibility index (Phi) is 7.56. The molecule has 1 heterocycles. The molecule has 0 radical (unpaired) electrons. The number of carbonyl (C=O) groups is 1. The Labute approximate surface area is 185 Å². The van der Waals surface area contributed by atoms with Gasteiger partial charge in [0.15, 0.2) is 0 Å². The largest absolute Gasteiger partial charge is 0.497 e. The van der Waals surface area contributed by atoms with Crippen LogP contribution < -0.4 is 14.4 Å². The SMILES string of the molecule is COc1cccc(N([C@H](C)C(=O)NCc2ccccc2CN2CCCC2)S(C)(=O)=O)c1. The monoisotopic (exact) mass is 445 g/mol. The molecule has 2 aromatic rings. The minimum absolute atomic E-state index is 0.350. The molecule has 8 heteroatoms. The van der Waals surface area contributed by atoms with Crippen LogP contribution in [-0.4, -0.2) is 51.7 Å². The van der Waals surface area contributed by atoms with Crippen LogP contribution in [0, 0.1) is 0 Å². The molecule has 0 aromatic heterocycles. The third-order valence-electron chi connectivity index (χ3n) is 5.56. The highest BCUT2D eigenvalue weighted by Gasteiger charge is 2.29. The maximum atomic E-state index is 12.9. The molecule has 1 amide bonds. The van der Waals surface area contributed by atoms with Gasteiger partial charge >= 0.3 is 0 Å². The topological polar surface area (TPSA) is 79.0 Å². The van der Waals surface area contributed by atoms with Crippen molar-refractivity contribution in [2.75, 3.05) is 30.8 Å². The van der Waals surface area contributed by atoms with Gasteiger partial charge in [0.2, 0.25) is 15.9 Å². The maximum Gasteiger partial charge on any atom is 0.243 e. The molecule has 0 unspecified atom stereocenters. The summed E-state index contributed by atoms with van der Waals surface area (Å²) >= 11 is 0. The van der Waals surface area contributed by atoms with Crippen molar-refractivity contribution >= 4 is 21.6 Å². The first kappa shape index (κ1) is 23.1. The van der Waals surface area contributed by atoms with E-state index in [9.17, 15) is 13.2 Å². The minimum atomic E-state index is -3.68. The van der Waals surface area contributed by atoms with Crippen LogP contribution in [0.15, 0.2) is 48.5 Å². The van der Waals surface area contributed by atoms with Gasteiger partial charge < -0.3 is 10.1 Å². The summed E-state index contributed by atoms with van der Waals surface area (Å²) in [6, 6.07) is 13.8. The Morgan fingerprint density at radius 1 is 1.13 bits per heavy atom. The van der Waals surface area contributed by atoms with Gasteiger partial charge in [0.1, 0.15) is 11.8 Å². The average Bonchev–Trinajstić information content (AvgIpc) is 3.25. The molecule has 2 aromatic carbocycles. The van der Waals surface area contributed by atoms with Crippen LogP contribution in [0.3, 0.4) is 0 Å². The number of benzene rings is 2. The van der Waals surface area contributed by atoms with Gasteiger partial charge in [-0.05, 0) is 56.1 Å². The second kappa shape index (κ2) is 10.2. The zero-order valence-corrected chi connectivity index (χ0v) is 19.2. The number of hydrogen-bond acceptors (Lipinski definition) is 5. The lowest BCUT2D eigenvalue weighted by Crippen LogP contribution is -2.47. The number of sulfonamides is 1. The Balaban J connectivity index is 1.73. The van der Waals surface area contributed by atoms with Crippen LogP contribution >= 0.6 is 0 Å². The fourth-order valence-electron chi connectivity index (χ4n) is 3.95. The molecular weight excluding hydrogens is 414 g/mol. The summed E-state index contributed by atoms with van der Waals surface area (Å²) < 4.78 is 31.3. The molecule has 0 saturated carbocycles. The zero-order chi connectivity index (χ0) is 22.4. The first-order chi connectivity index (χ1) is 14.8. The first-order valence-electron chi connectivity index (χ1n) is 10.5. The lowest BCUT2D eigenvalue weighted by molar-refractivity contribution is -0.122. The summed E-state index contributed by atoms with van der Waals surface area (Å²) in [6.07, 6.45) is 3.55. The molecule has 1 N–H and O–H groups in total. The molecule has 1 fully saturated rings. The van der Waals surface area contributed by atoms with Crippen molar-refractivity contribution in [3.8, 4) is 5.75 Å². The number of carbonyl (C=O) groups excluding carboxylic acids is 1. The highest BCUT2D eigenvalue weighted by molar-refractivity contribution is 7.92. The molecule has 7 nitrogen and oxygen atoms in total. The van der Waals surface area contributed by atoms with Gasteiger partial charge in [0.05, 0.1) is 19.1 Å². The fraction of sp³-hybridized carbons (Fsp3) is 0.435. The summed E-state index contributed by atoms with van der Waals surface area (Å²) in [5, 5.41) is 2.92. The van der Waals surface area contributed by atoms with Crippen LogP contribution in [-0.2, 0) is 27.9 Å². The normalized spacial score (nSPS) is 15.5. The van der Waals surface area contributed by atoms with Gasteiger partial charge in [-0.1, -0.05) is 30.3 Å². The molecule has 0 aliphatic carbocycles. The maximum absolute atomic E-state index is 12.9. The van der Waals surface area contributed by atoms with E-state index in [-0.39, 0.29) is 5.91 Å². The molecule has 1 aliphatic rings. The zero-order valence-electron chi connectivity index (χ0n) is 18.4. The van der Waals surface area contributed by atoms with E-state index in [2.05, 4.69) is 16.3 Å². The van der Waals surface area contributed by atoms with E-state index in [0.717, 1.165) is 35.8 Å². The Morgan fingerprint density at radius 3 is 2.45 bits per heavy atom. The van der Waals surface area contributed by atoms with E-state index in [1.54, 1.807) is 31.2 Å². The average molecular weight is 446 g/mol. The van der Waals surface area contributed by atoms with Crippen LogP contribution in [0.2, 0.25) is 0 Å². The van der Waals surface area contributed by atoms with Gasteiger partial charge in [0.25, 0.3) is 0 Å². The van der Waals surface area contributed by atoms with Gasteiger partial charge in [-0.25, -0.2) is 8.42 Å². The molecule has 1 saturated heterocycles. The highest BCUT2D eigenvalue weighted by atomic mass is 32.2. The number of likely N-dealkylation sites (tertiary alicyclic amines) is 1. The summed E-state index contributed by atoms with van der Waals surface area (Å²) in [7, 11) is -2.17. The molecule has 168 valence electrons. The van der Waals surface area contributed by atoms with Crippen molar-refractivity contribution in [3.05, 3.63) is 59.7 Å². The highest BCUT2D eigenvalue weighted by Crippen LogP contribution is 2.25. The number of anilines is 1. The van der Waals surface area contributed by atoms with Crippen molar-refractivity contribution in [2.45, 2.75) is 38.9 Å². The van der Waals surface area contributed by atoms with Crippen molar-refractivity contribution < 1.29 is 17.9 Å². The van der Waals surface area contributed by atoms with Gasteiger partial charge in [-0.15, -0.1) is 0 Å². The number of nitrogens with zero attached hydrogens (tertiary/aromatic N) is 2. The Hall–Kier alpha value is -2.58. The second-order valence-electron chi connectivity index (χ2n) is 7.91. The standard InChI is InChI=1S/C23H31N3O4S/c1-18(26(31(3,28)29)21-11-8-12-22(15-21)30-2)23(27)24-16-19-9-4-5-10-20(19)17-25-13-6-7-14-25/h4-5,8-12,15,18H,6-7,13-14,16-17H2,1-3H3,(H,24,27)/t18-/m1/s1. The molecule has 31 heavy (non-hydrogen) atoms. The van der Waals surface area contributed by atoms with E-state index in [4.69, 9.17) is 4.74 Å². The summed E-state index contributed by atoms with van der Waals surface area (Å²) in [4.78, 5) is 15.3. The molecule has 3 rings (SSSR count). The summed E-state index contributed by atoms with van der Waals surface area (Å²) in [6.45, 7) is 5.00. The number of rotatable bonds is 9. The summed E-state index contributed by atoms with van der Waals surface area (Å²) in [5.74, 6) is 0.166. The van der Waals surface area contributed by atoms with E-state index in [1.807, 2.05) is 18.2 Å². The van der Waals surface area contributed by atoms with Crippen LogP contribution in [0.4, 0.5) is 5.69 Å². The van der Waals surface area contributed by atoms with E-state index in [0.29, 0.717) is 18.0 Å². The fourth-order valence-corrected chi connectivity index (χ4v) is 5.12. The molecule has 0 bridgehead atoms. The van der Waals surface area contributed by atoms with Crippen LogP contribution in [0.25, 0.3) is 0 Å². The van der Waals surface area contributed by atoms with Gasteiger partial charge in [0, 0.05) is 19.2 Å². The lowest BCUT2D eigenvalue weighted by atomic mass is 10.1. The third-order valence-corrected chi connectivity index (χ3v) is 6.80. The number of amides is 1. The second-order valence-corrected chi connectivity index (χ2v) is 9.77. The molecular formula is C23H31N3O4S. The number of methoxy groups -OCH3 is 1. The number of hydrogen-bond donors (Lipinski definition) is 1. The molecule has 1 aliphatic heterocycles.